The van der Waals surface area contributed by atoms with Gasteiger partial charge in [0.1, 0.15) is 11.7 Å². The number of amidine groups is 1. The molecular weight excluding hydrogens is 261 g/mol. The summed E-state index contributed by atoms with van der Waals surface area (Å²) in [6, 6.07) is 5.61. The molecule has 0 aromatic heterocycles. The Labute approximate surface area is 118 Å². The Balaban J connectivity index is 2.31. The first-order chi connectivity index (χ1) is 9.47. The Hall–Kier alpha value is -2.11. The molecule has 1 aromatic rings. The zero-order valence-electron chi connectivity index (χ0n) is 11.7. The van der Waals surface area contributed by atoms with E-state index in [-0.39, 0.29) is 6.61 Å². The summed E-state index contributed by atoms with van der Waals surface area (Å²) in [5, 5.41) is 6.15. The van der Waals surface area contributed by atoms with E-state index in [1.54, 1.807) is 6.07 Å². The second-order valence-corrected chi connectivity index (χ2v) is 4.85. The van der Waals surface area contributed by atoms with E-state index in [1.165, 1.54) is 18.2 Å². The molecular formula is C14H20FN3O2. The minimum atomic E-state index is -0.420. The molecule has 0 fully saturated rings. The average molecular weight is 281 g/mol. The van der Waals surface area contributed by atoms with Crippen molar-refractivity contribution in [2.45, 2.75) is 26.7 Å². The van der Waals surface area contributed by atoms with Crippen molar-refractivity contribution in [2.75, 3.05) is 11.9 Å². The molecule has 0 aliphatic rings. The minimum absolute atomic E-state index is 0.265. The number of amides is 1. The summed E-state index contributed by atoms with van der Waals surface area (Å²) < 4.78 is 12.9. The fraction of sp³-hybridized carbons (Fsp3) is 0.429. The molecule has 0 spiro atoms. The highest BCUT2D eigenvalue weighted by Gasteiger charge is 2.04. The zero-order chi connectivity index (χ0) is 15.0. The van der Waals surface area contributed by atoms with Crippen molar-refractivity contribution in [3.63, 3.8) is 0 Å². The van der Waals surface area contributed by atoms with E-state index in [9.17, 15) is 9.18 Å². The van der Waals surface area contributed by atoms with Gasteiger partial charge in [0, 0.05) is 12.1 Å². The lowest BCUT2D eigenvalue weighted by atomic mass is 10.1. The molecule has 6 heteroatoms. The largest absolute Gasteiger partial charge is 0.384 e. The number of nitrogens with two attached hydrogens (primary N) is 1. The summed E-state index contributed by atoms with van der Waals surface area (Å²) in [5.74, 6) is 0.0490. The third-order valence-electron chi connectivity index (χ3n) is 2.46. The van der Waals surface area contributed by atoms with Crippen LogP contribution in [0.15, 0.2) is 29.4 Å². The lowest BCUT2D eigenvalue weighted by Gasteiger charge is -2.05. The van der Waals surface area contributed by atoms with Crippen molar-refractivity contribution in [1.29, 1.82) is 0 Å². The first kappa shape index (κ1) is 15.9. The van der Waals surface area contributed by atoms with Gasteiger partial charge in [0.25, 0.3) is 5.91 Å². The zero-order valence-corrected chi connectivity index (χ0v) is 11.7. The topological polar surface area (TPSA) is 76.7 Å². The lowest BCUT2D eigenvalue weighted by molar-refractivity contribution is -0.120. The Kier molecular flexibility index (Phi) is 6.49. The molecule has 0 atom stereocenters. The Morgan fingerprint density at radius 1 is 1.50 bits per heavy atom. The van der Waals surface area contributed by atoms with Gasteiger partial charge >= 0.3 is 0 Å². The highest BCUT2D eigenvalue weighted by atomic mass is 19.1. The second kappa shape index (κ2) is 8.14. The standard InChI is InChI=1S/C14H20FN3O2/c1-10(2)6-7-13(16)18-20-9-14(19)17-12-5-3-4-11(15)8-12/h3-5,8,10H,6-7,9H2,1-2H3,(H2,16,18)(H,17,19). The summed E-state index contributed by atoms with van der Waals surface area (Å²) >= 11 is 0. The number of hydrogen-bond donors (Lipinski definition) is 2. The molecule has 1 amide bonds. The summed E-state index contributed by atoms with van der Waals surface area (Å²) in [5.41, 5.74) is 6.00. The van der Waals surface area contributed by atoms with Gasteiger partial charge in [-0.2, -0.15) is 0 Å². The van der Waals surface area contributed by atoms with E-state index < -0.39 is 11.7 Å². The number of benzene rings is 1. The Bertz CT molecular complexity index is 475. The molecule has 0 bridgehead atoms. The van der Waals surface area contributed by atoms with Crippen LogP contribution in [0.3, 0.4) is 0 Å². The summed E-state index contributed by atoms with van der Waals surface area (Å²) in [6.07, 6.45) is 1.54. The van der Waals surface area contributed by atoms with Crippen molar-refractivity contribution in [3.8, 4) is 0 Å². The molecule has 110 valence electrons. The number of nitrogens with zero attached hydrogens (tertiary/aromatic N) is 1. The summed E-state index contributed by atoms with van der Waals surface area (Å²) in [7, 11) is 0. The molecule has 5 nitrogen and oxygen atoms in total. The third-order valence-corrected chi connectivity index (χ3v) is 2.46. The fourth-order valence-corrected chi connectivity index (χ4v) is 1.42. The third kappa shape index (κ3) is 6.72. The van der Waals surface area contributed by atoms with Crippen molar-refractivity contribution in [1.82, 2.24) is 0 Å². The number of oxime groups is 1. The van der Waals surface area contributed by atoms with Crippen LogP contribution in [-0.2, 0) is 9.63 Å². The van der Waals surface area contributed by atoms with Gasteiger partial charge in [-0.1, -0.05) is 25.1 Å². The fourth-order valence-electron chi connectivity index (χ4n) is 1.42. The monoisotopic (exact) mass is 281 g/mol. The summed E-state index contributed by atoms with van der Waals surface area (Å²) in [4.78, 5) is 16.4. The molecule has 0 aliphatic heterocycles. The molecule has 0 heterocycles. The van der Waals surface area contributed by atoms with Crippen molar-refractivity contribution >= 4 is 17.4 Å². The summed E-state index contributed by atoms with van der Waals surface area (Å²) in [6.45, 7) is 3.90. The normalized spacial score (nSPS) is 11.5. The van der Waals surface area contributed by atoms with Crippen molar-refractivity contribution in [2.24, 2.45) is 16.8 Å². The van der Waals surface area contributed by atoms with Crippen LogP contribution in [0.5, 0.6) is 0 Å². The number of nitrogens with one attached hydrogen (secondary N) is 1. The van der Waals surface area contributed by atoms with E-state index in [0.29, 0.717) is 23.9 Å². The van der Waals surface area contributed by atoms with Crippen LogP contribution in [0.4, 0.5) is 10.1 Å². The molecule has 0 aliphatic carbocycles. The predicted molar refractivity (Wildman–Crippen MR) is 76.7 cm³/mol. The van der Waals surface area contributed by atoms with E-state index in [2.05, 4.69) is 24.3 Å². The predicted octanol–water partition coefficient (Wildman–Crippen LogP) is 2.49. The molecule has 1 aromatic carbocycles. The van der Waals surface area contributed by atoms with Crippen LogP contribution in [0.25, 0.3) is 0 Å². The van der Waals surface area contributed by atoms with Crippen LogP contribution >= 0.6 is 0 Å². The van der Waals surface area contributed by atoms with Crippen molar-refractivity contribution in [3.05, 3.63) is 30.1 Å². The Morgan fingerprint density at radius 3 is 2.90 bits per heavy atom. The van der Waals surface area contributed by atoms with E-state index in [0.717, 1.165) is 6.42 Å². The van der Waals surface area contributed by atoms with Gasteiger partial charge in [-0.25, -0.2) is 4.39 Å². The second-order valence-electron chi connectivity index (χ2n) is 4.85. The SMILES string of the molecule is CC(C)CC/C(N)=N/OCC(=O)Nc1cccc(F)c1. The van der Waals surface area contributed by atoms with Crippen LogP contribution in [0.2, 0.25) is 0 Å². The Morgan fingerprint density at radius 2 is 2.25 bits per heavy atom. The quantitative estimate of drug-likeness (QED) is 0.458. The van der Waals surface area contributed by atoms with Crippen molar-refractivity contribution < 1.29 is 14.0 Å². The number of carbonyl (C=O) groups is 1. The van der Waals surface area contributed by atoms with Crippen LogP contribution in [-0.4, -0.2) is 18.3 Å². The van der Waals surface area contributed by atoms with Gasteiger partial charge in [-0.05, 0) is 30.5 Å². The smallest absolute Gasteiger partial charge is 0.265 e. The average Bonchev–Trinajstić information content (AvgIpc) is 2.36. The molecule has 20 heavy (non-hydrogen) atoms. The minimum Gasteiger partial charge on any atom is -0.384 e. The number of halogens is 1. The number of hydrogen-bond acceptors (Lipinski definition) is 3. The molecule has 3 N–H and O–H groups in total. The molecule has 0 unspecified atom stereocenters. The van der Waals surface area contributed by atoms with Gasteiger partial charge in [0.2, 0.25) is 0 Å². The molecule has 1 rings (SSSR count). The molecule has 0 saturated heterocycles. The van der Waals surface area contributed by atoms with E-state index in [1.807, 2.05) is 0 Å². The maximum Gasteiger partial charge on any atom is 0.265 e. The molecule has 0 radical (unpaired) electrons. The van der Waals surface area contributed by atoms with E-state index in [4.69, 9.17) is 10.6 Å². The van der Waals surface area contributed by atoms with Crippen LogP contribution in [0, 0.1) is 11.7 Å². The van der Waals surface area contributed by atoms with Crippen LogP contribution < -0.4 is 11.1 Å². The highest BCUT2D eigenvalue weighted by molar-refractivity contribution is 5.91. The van der Waals surface area contributed by atoms with Gasteiger partial charge in [0.05, 0.1) is 0 Å². The first-order valence-corrected chi connectivity index (χ1v) is 6.47. The maximum atomic E-state index is 12.9. The molecule has 0 saturated carbocycles. The number of carbonyl (C=O) groups excluding carboxylic acids is 1. The van der Waals surface area contributed by atoms with Gasteiger partial charge < -0.3 is 15.9 Å². The maximum absolute atomic E-state index is 12.9. The van der Waals surface area contributed by atoms with Crippen LogP contribution in [0.1, 0.15) is 26.7 Å². The van der Waals surface area contributed by atoms with Gasteiger partial charge in [-0.15, -0.1) is 0 Å². The number of rotatable bonds is 7. The number of anilines is 1. The van der Waals surface area contributed by atoms with E-state index >= 15 is 0 Å². The highest BCUT2D eigenvalue weighted by Crippen LogP contribution is 2.08. The van der Waals surface area contributed by atoms with Gasteiger partial charge in [-0.3, -0.25) is 4.79 Å². The van der Waals surface area contributed by atoms with Gasteiger partial charge in [0.15, 0.2) is 6.61 Å². The first-order valence-electron chi connectivity index (χ1n) is 6.47. The lowest BCUT2D eigenvalue weighted by Crippen LogP contribution is -2.19.